The molecular weight excluding hydrogens is 400 g/mol. The molecule has 4 nitrogen and oxygen atoms in total. The van der Waals surface area contributed by atoms with E-state index in [9.17, 15) is 15.0 Å². The minimum atomic E-state index is -0.437. The zero-order valence-electron chi connectivity index (χ0n) is 18.8. The molecule has 1 fully saturated rings. The highest BCUT2D eigenvalue weighted by Gasteiger charge is 2.44. The van der Waals surface area contributed by atoms with Crippen LogP contribution in [-0.4, -0.2) is 28.4 Å². The monoisotopic (exact) mass is 434 g/mol. The van der Waals surface area contributed by atoms with Gasteiger partial charge in [0.15, 0.2) is 0 Å². The van der Waals surface area contributed by atoms with E-state index in [1.54, 1.807) is 12.1 Å². The predicted molar refractivity (Wildman–Crippen MR) is 126 cm³/mol. The number of fused-ring (bicyclic) bond motifs is 2. The Hall–Kier alpha value is -2.43. The van der Waals surface area contributed by atoms with Crippen molar-refractivity contribution in [1.29, 1.82) is 0 Å². The van der Waals surface area contributed by atoms with E-state index in [4.69, 9.17) is 4.74 Å². The number of aliphatic hydroxyl groups is 2. The number of aliphatic hydroxyl groups excluding tert-OH is 2. The second kappa shape index (κ2) is 10.5. The van der Waals surface area contributed by atoms with Crippen LogP contribution in [-0.2, 0) is 12.8 Å². The fourth-order valence-electron chi connectivity index (χ4n) is 5.39. The molecule has 4 heteroatoms. The quantitative estimate of drug-likeness (QED) is 0.262. The van der Waals surface area contributed by atoms with Crippen molar-refractivity contribution in [2.45, 2.75) is 64.1 Å². The third kappa shape index (κ3) is 5.13. The molecule has 0 radical (unpaired) electrons. The molecule has 2 aliphatic rings. The lowest BCUT2D eigenvalue weighted by Gasteiger charge is -2.31. The highest BCUT2D eigenvalue weighted by molar-refractivity contribution is 5.91. The topological polar surface area (TPSA) is 66.8 Å². The van der Waals surface area contributed by atoms with Gasteiger partial charge in [-0.05, 0) is 66.8 Å². The smallest absolute Gasteiger partial charge is 0.343 e. The Morgan fingerprint density at radius 2 is 1.94 bits per heavy atom. The molecule has 32 heavy (non-hydrogen) atoms. The van der Waals surface area contributed by atoms with Gasteiger partial charge in [-0.3, -0.25) is 0 Å². The summed E-state index contributed by atoms with van der Waals surface area (Å²) in [6, 6.07) is 15.0. The third-order valence-electron chi connectivity index (χ3n) is 7.11. The molecule has 0 heterocycles. The molecule has 2 aromatic rings. The SMILES string of the molecule is CCCCC[C@H](O)C=C[C@H]1[C@H](O)CC2Cc3c(cccc3OC(=O)c3ccccc3)C[C@@H]21. The van der Waals surface area contributed by atoms with Crippen LogP contribution < -0.4 is 4.74 Å². The van der Waals surface area contributed by atoms with E-state index in [1.165, 1.54) is 5.56 Å². The van der Waals surface area contributed by atoms with Gasteiger partial charge in [0.1, 0.15) is 5.75 Å². The molecule has 2 aliphatic carbocycles. The average molecular weight is 435 g/mol. The lowest BCUT2D eigenvalue weighted by Crippen LogP contribution is -2.26. The minimum Gasteiger partial charge on any atom is -0.423 e. The van der Waals surface area contributed by atoms with Gasteiger partial charge in [-0.15, -0.1) is 0 Å². The van der Waals surface area contributed by atoms with E-state index < -0.39 is 12.2 Å². The number of hydrogen-bond donors (Lipinski definition) is 2. The van der Waals surface area contributed by atoms with Gasteiger partial charge in [-0.2, -0.15) is 0 Å². The summed E-state index contributed by atoms with van der Waals surface area (Å²) in [4.78, 5) is 12.6. The van der Waals surface area contributed by atoms with Crippen molar-refractivity contribution >= 4 is 5.97 Å². The van der Waals surface area contributed by atoms with Crippen LogP contribution in [0.25, 0.3) is 0 Å². The van der Waals surface area contributed by atoms with Gasteiger partial charge in [-0.25, -0.2) is 4.79 Å². The first kappa shape index (κ1) is 22.8. The molecule has 0 bridgehead atoms. The standard InChI is InChI=1S/C28H34O4/c1-2-3-5-12-22(29)14-15-23-24-16-20-11-8-13-27(25(20)17-21(24)18-26(23)30)32-28(31)19-9-6-4-7-10-19/h4,6-11,13-15,21-24,26,29-30H,2-3,5,12,16-18H2,1H3/t21?,22-,23+,24-,26+/m0/s1. The summed E-state index contributed by atoms with van der Waals surface area (Å²) in [6.45, 7) is 2.16. The second-order valence-electron chi connectivity index (χ2n) is 9.31. The normalized spacial score (nSPS) is 25.3. The minimum absolute atomic E-state index is 0.0597. The molecule has 1 saturated carbocycles. The van der Waals surface area contributed by atoms with Crippen molar-refractivity contribution < 1.29 is 19.7 Å². The van der Waals surface area contributed by atoms with Crippen LogP contribution in [0.4, 0.5) is 0 Å². The summed E-state index contributed by atoms with van der Waals surface area (Å²) in [5, 5.41) is 21.0. The molecule has 4 rings (SSSR count). The fraction of sp³-hybridized carbons (Fsp3) is 0.464. The zero-order chi connectivity index (χ0) is 22.5. The summed E-state index contributed by atoms with van der Waals surface area (Å²) < 4.78 is 5.78. The Morgan fingerprint density at radius 3 is 2.72 bits per heavy atom. The van der Waals surface area contributed by atoms with Crippen molar-refractivity contribution in [3.05, 3.63) is 77.4 Å². The van der Waals surface area contributed by atoms with Crippen LogP contribution in [0.2, 0.25) is 0 Å². The lowest BCUT2D eigenvalue weighted by molar-refractivity contribution is 0.0731. The van der Waals surface area contributed by atoms with Gasteiger partial charge in [0.2, 0.25) is 0 Å². The van der Waals surface area contributed by atoms with Gasteiger partial charge < -0.3 is 14.9 Å². The van der Waals surface area contributed by atoms with E-state index in [0.717, 1.165) is 50.5 Å². The molecule has 5 atom stereocenters. The maximum absolute atomic E-state index is 12.6. The summed E-state index contributed by atoms with van der Waals surface area (Å²) in [5.74, 6) is 1.04. The second-order valence-corrected chi connectivity index (χ2v) is 9.31. The van der Waals surface area contributed by atoms with Crippen molar-refractivity contribution in [3.8, 4) is 5.75 Å². The highest BCUT2D eigenvalue weighted by Crippen LogP contribution is 2.47. The van der Waals surface area contributed by atoms with Crippen molar-refractivity contribution in [3.63, 3.8) is 0 Å². The van der Waals surface area contributed by atoms with Gasteiger partial charge in [0.05, 0.1) is 17.8 Å². The number of ether oxygens (including phenoxy) is 1. The maximum atomic E-state index is 12.6. The van der Waals surface area contributed by atoms with Crippen LogP contribution >= 0.6 is 0 Å². The number of carbonyl (C=O) groups is 1. The predicted octanol–water partition coefficient (Wildman–Crippen LogP) is 5.12. The van der Waals surface area contributed by atoms with Crippen LogP contribution in [0, 0.1) is 17.8 Å². The molecule has 0 aliphatic heterocycles. The largest absolute Gasteiger partial charge is 0.423 e. The van der Waals surface area contributed by atoms with Crippen molar-refractivity contribution in [1.82, 2.24) is 0 Å². The third-order valence-corrected chi connectivity index (χ3v) is 7.11. The fourth-order valence-corrected chi connectivity index (χ4v) is 5.39. The number of benzene rings is 2. The molecular formula is C28H34O4. The molecule has 1 unspecified atom stereocenters. The number of carbonyl (C=O) groups excluding carboxylic acids is 1. The Morgan fingerprint density at radius 1 is 1.12 bits per heavy atom. The van der Waals surface area contributed by atoms with Crippen LogP contribution in [0.1, 0.15) is 60.5 Å². The zero-order valence-corrected chi connectivity index (χ0v) is 18.8. The Balaban J connectivity index is 1.46. The van der Waals surface area contributed by atoms with E-state index in [0.29, 0.717) is 23.1 Å². The van der Waals surface area contributed by atoms with E-state index >= 15 is 0 Å². The first-order valence-electron chi connectivity index (χ1n) is 12.0. The molecule has 0 aromatic heterocycles. The molecule has 0 saturated heterocycles. The van der Waals surface area contributed by atoms with Crippen LogP contribution in [0.15, 0.2) is 60.7 Å². The van der Waals surface area contributed by atoms with Crippen molar-refractivity contribution in [2.24, 2.45) is 17.8 Å². The molecule has 170 valence electrons. The maximum Gasteiger partial charge on any atom is 0.343 e. The van der Waals surface area contributed by atoms with Gasteiger partial charge >= 0.3 is 5.97 Å². The average Bonchev–Trinajstić information content (AvgIpc) is 3.11. The van der Waals surface area contributed by atoms with Crippen molar-refractivity contribution in [2.75, 3.05) is 0 Å². The Labute approximate surface area is 190 Å². The molecule has 2 N–H and O–H groups in total. The summed E-state index contributed by atoms with van der Waals surface area (Å²) in [6.07, 6.45) is 9.59. The summed E-state index contributed by atoms with van der Waals surface area (Å²) in [7, 11) is 0. The highest BCUT2D eigenvalue weighted by atomic mass is 16.5. The lowest BCUT2D eigenvalue weighted by atomic mass is 9.74. The van der Waals surface area contributed by atoms with Crippen LogP contribution in [0.5, 0.6) is 5.75 Å². The van der Waals surface area contributed by atoms with E-state index in [-0.39, 0.29) is 11.9 Å². The van der Waals surface area contributed by atoms with Gasteiger partial charge in [0, 0.05) is 5.92 Å². The number of hydrogen-bond acceptors (Lipinski definition) is 4. The summed E-state index contributed by atoms with van der Waals surface area (Å²) in [5.41, 5.74) is 2.83. The Kier molecular flexibility index (Phi) is 7.44. The number of rotatable bonds is 8. The first-order valence-corrected chi connectivity index (χ1v) is 12.0. The first-order chi connectivity index (χ1) is 15.6. The van der Waals surface area contributed by atoms with E-state index in [2.05, 4.69) is 19.1 Å². The van der Waals surface area contributed by atoms with Gasteiger partial charge in [-0.1, -0.05) is 68.7 Å². The van der Waals surface area contributed by atoms with E-state index in [1.807, 2.05) is 36.4 Å². The number of unbranched alkanes of at least 4 members (excludes halogenated alkanes) is 2. The molecule has 2 aromatic carbocycles. The number of esters is 1. The molecule has 0 amide bonds. The Bertz CT molecular complexity index is 936. The molecule has 0 spiro atoms. The van der Waals surface area contributed by atoms with Crippen LogP contribution in [0.3, 0.4) is 0 Å². The summed E-state index contributed by atoms with van der Waals surface area (Å²) >= 11 is 0. The van der Waals surface area contributed by atoms with Gasteiger partial charge in [0.25, 0.3) is 0 Å².